The Kier molecular flexibility index (Phi) is 5.78. The second-order valence-corrected chi connectivity index (χ2v) is 8.56. The highest BCUT2D eigenvalue weighted by Crippen LogP contribution is 2.31. The molecule has 1 aromatic carbocycles. The second kappa shape index (κ2) is 8.49. The lowest BCUT2D eigenvalue weighted by molar-refractivity contribution is -0.139. The maximum absolute atomic E-state index is 13.4. The predicted octanol–water partition coefficient (Wildman–Crippen LogP) is 2.96. The van der Waals surface area contributed by atoms with E-state index in [-0.39, 0.29) is 12.2 Å². The zero-order valence-corrected chi connectivity index (χ0v) is 18.7. The first-order valence-electron chi connectivity index (χ1n) is 9.34. The van der Waals surface area contributed by atoms with E-state index in [0.29, 0.717) is 20.6 Å². The van der Waals surface area contributed by atoms with E-state index in [9.17, 15) is 9.59 Å². The third-order valence-corrected chi connectivity index (χ3v) is 6.20. The van der Waals surface area contributed by atoms with Crippen molar-refractivity contribution >= 4 is 39.3 Å². The molecule has 2 aromatic heterocycles. The number of halogens is 1. The molecular weight excluding hydrogens is 466 g/mol. The van der Waals surface area contributed by atoms with E-state index in [1.54, 1.807) is 36.9 Å². The summed E-state index contributed by atoms with van der Waals surface area (Å²) in [6.45, 7) is 3.77. The molecule has 0 spiro atoms. The largest absolute Gasteiger partial charge is 0.463 e. The summed E-state index contributed by atoms with van der Waals surface area (Å²) in [5, 5.41) is 0. The van der Waals surface area contributed by atoms with Gasteiger partial charge >= 0.3 is 5.97 Å². The Morgan fingerprint density at radius 1 is 1.30 bits per heavy atom. The molecule has 3 heterocycles. The number of aromatic nitrogens is 2. The number of benzene rings is 1. The summed E-state index contributed by atoms with van der Waals surface area (Å²) in [6.07, 6.45) is 5.17. The van der Waals surface area contributed by atoms with Gasteiger partial charge in [0.25, 0.3) is 5.56 Å². The Morgan fingerprint density at radius 2 is 2.07 bits per heavy atom. The number of fused-ring (bicyclic) bond motifs is 1. The third kappa shape index (κ3) is 3.80. The van der Waals surface area contributed by atoms with Gasteiger partial charge < -0.3 is 4.74 Å². The zero-order chi connectivity index (χ0) is 21.3. The molecule has 6 nitrogen and oxygen atoms in total. The first-order chi connectivity index (χ1) is 14.5. The fourth-order valence-electron chi connectivity index (χ4n) is 3.36. The lowest BCUT2D eigenvalue weighted by Crippen LogP contribution is -2.39. The molecule has 8 heteroatoms. The van der Waals surface area contributed by atoms with Gasteiger partial charge in [-0.05, 0) is 49.2 Å². The standard InChI is InChI=1S/C22H18BrN3O3S/c1-3-29-21(28)18-13(2)25-22-26(19(18)15-6-8-16(23)9-7-15)20(27)17(30-22)11-14-5-4-10-24-12-14/h4-12,19H,3H2,1-2H3/b17-11-. The molecule has 0 saturated carbocycles. The predicted molar refractivity (Wildman–Crippen MR) is 119 cm³/mol. The summed E-state index contributed by atoms with van der Waals surface area (Å²) < 4.78 is 8.31. The number of hydrogen-bond acceptors (Lipinski definition) is 6. The summed E-state index contributed by atoms with van der Waals surface area (Å²) >= 11 is 4.73. The summed E-state index contributed by atoms with van der Waals surface area (Å²) in [5.41, 5.74) is 2.36. The molecule has 4 rings (SSSR count). The molecule has 0 radical (unpaired) electrons. The smallest absolute Gasteiger partial charge is 0.338 e. The van der Waals surface area contributed by atoms with Gasteiger partial charge in [-0.2, -0.15) is 0 Å². The van der Waals surface area contributed by atoms with E-state index in [2.05, 4.69) is 25.9 Å². The Morgan fingerprint density at radius 3 is 2.73 bits per heavy atom. The van der Waals surface area contributed by atoms with Gasteiger partial charge in [-0.1, -0.05) is 45.5 Å². The summed E-state index contributed by atoms with van der Waals surface area (Å²) in [5.74, 6) is -0.465. The molecule has 0 bridgehead atoms. The normalized spacial score (nSPS) is 16.2. The van der Waals surface area contributed by atoms with Gasteiger partial charge in [0.15, 0.2) is 4.80 Å². The van der Waals surface area contributed by atoms with Gasteiger partial charge in [-0.15, -0.1) is 0 Å². The maximum atomic E-state index is 13.4. The molecule has 0 saturated heterocycles. The Balaban J connectivity index is 1.96. The molecule has 0 amide bonds. The van der Waals surface area contributed by atoms with Gasteiger partial charge in [-0.25, -0.2) is 9.79 Å². The number of hydrogen-bond donors (Lipinski definition) is 0. The quantitative estimate of drug-likeness (QED) is 0.534. The molecule has 1 aliphatic heterocycles. The van der Waals surface area contributed by atoms with Crippen LogP contribution in [0, 0.1) is 0 Å². The average molecular weight is 484 g/mol. The molecule has 30 heavy (non-hydrogen) atoms. The van der Waals surface area contributed by atoms with Crippen molar-refractivity contribution in [3.8, 4) is 0 Å². The Hall–Kier alpha value is -2.84. The van der Waals surface area contributed by atoms with E-state index in [0.717, 1.165) is 15.6 Å². The zero-order valence-electron chi connectivity index (χ0n) is 16.3. The number of carbonyl (C=O) groups excluding carboxylic acids is 1. The minimum atomic E-state index is -0.607. The maximum Gasteiger partial charge on any atom is 0.338 e. The van der Waals surface area contributed by atoms with Crippen LogP contribution in [0.2, 0.25) is 0 Å². The van der Waals surface area contributed by atoms with E-state index < -0.39 is 12.0 Å². The van der Waals surface area contributed by atoms with E-state index >= 15 is 0 Å². The molecular formula is C22H18BrN3O3S. The highest BCUT2D eigenvalue weighted by molar-refractivity contribution is 9.10. The van der Waals surface area contributed by atoms with Crippen LogP contribution in [0.1, 0.15) is 31.0 Å². The van der Waals surface area contributed by atoms with E-state index in [1.807, 2.05) is 36.4 Å². The first kappa shape index (κ1) is 20.4. The summed E-state index contributed by atoms with van der Waals surface area (Å²) in [7, 11) is 0. The van der Waals surface area contributed by atoms with Crippen molar-refractivity contribution in [2.24, 2.45) is 4.99 Å². The van der Waals surface area contributed by atoms with Crippen molar-refractivity contribution in [3.05, 3.63) is 95.3 Å². The van der Waals surface area contributed by atoms with Gasteiger partial charge in [0, 0.05) is 16.9 Å². The minimum Gasteiger partial charge on any atom is -0.463 e. The highest BCUT2D eigenvalue weighted by atomic mass is 79.9. The number of ether oxygens (including phenoxy) is 1. The number of allylic oxidation sites excluding steroid dienone is 1. The average Bonchev–Trinajstić information content (AvgIpc) is 3.03. The van der Waals surface area contributed by atoms with Gasteiger partial charge in [-0.3, -0.25) is 14.3 Å². The molecule has 152 valence electrons. The lowest BCUT2D eigenvalue weighted by Gasteiger charge is -2.24. The van der Waals surface area contributed by atoms with Crippen molar-refractivity contribution in [3.63, 3.8) is 0 Å². The first-order valence-corrected chi connectivity index (χ1v) is 11.0. The molecule has 1 aliphatic rings. The Bertz CT molecular complexity index is 1310. The number of pyridine rings is 1. The van der Waals surface area contributed by atoms with Crippen LogP contribution in [0.3, 0.4) is 0 Å². The van der Waals surface area contributed by atoms with Gasteiger partial charge in [0.2, 0.25) is 0 Å². The number of rotatable bonds is 4. The van der Waals surface area contributed by atoms with Crippen molar-refractivity contribution in [2.75, 3.05) is 6.61 Å². The van der Waals surface area contributed by atoms with Crippen LogP contribution >= 0.6 is 27.3 Å². The van der Waals surface area contributed by atoms with E-state index in [4.69, 9.17) is 4.74 Å². The van der Waals surface area contributed by atoms with Gasteiger partial charge in [0.05, 0.1) is 28.5 Å². The fourth-order valence-corrected chi connectivity index (χ4v) is 4.68. The van der Waals surface area contributed by atoms with Gasteiger partial charge in [0.1, 0.15) is 0 Å². The van der Waals surface area contributed by atoms with Crippen LogP contribution in [-0.2, 0) is 9.53 Å². The van der Waals surface area contributed by atoms with Crippen LogP contribution in [-0.4, -0.2) is 22.1 Å². The fraction of sp³-hybridized carbons (Fsp3) is 0.182. The van der Waals surface area contributed by atoms with Crippen LogP contribution < -0.4 is 14.9 Å². The number of esters is 1. The highest BCUT2D eigenvalue weighted by Gasteiger charge is 2.33. The van der Waals surface area contributed by atoms with Crippen LogP contribution in [0.25, 0.3) is 6.08 Å². The second-order valence-electron chi connectivity index (χ2n) is 6.64. The Labute approximate surface area is 185 Å². The summed E-state index contributed by atoms with van der Waals surface area (Å²) in [4.78, 5) is 35.4. The topological polar surface area (TPSA) is 73.6 Å². The van der Waals surface area contributed by atoms with Crippen molar-refractivity contribution in [1.82, 2.24) is 9.55 Å². The molecule has 0 N–H and O–H groups in total. The molecule has 0 fully saturated rings. The number of nitrogens with zero attached hydrogens (tertiary/aromatic N) is 3. The molecule has 0 aliphatic carbocycles. The third-order valence-electron chi connectivity index (χ3n) is 4.68. The van der Waals surface area contributed by atoms with Crippen molar-refractivity contribution < 1.29 is 9.53 Å². The van der Waals surface area contributed by atoms with E-state index in [1.165, 1.54) is 11.3 Å². The minimum absolute atomic E-state index is 0.204. The molecule has 1 atom stereocenters. The SMILES string of the molecule is CCOC(=O)C1=C(C)N=c2s/c(=C\c3cccnc3)c(=O)n2C1c1ccc(Br)cc1. The van der Waals surface area contributed by atoms with Crippen molar-refractivity contribution in [2.45, 2.75) is 19.9 Å². The molecule has 3 aromatic rings. The van der Waals surface area contributed by atoms with Crippen LogP contribution in [0.5, 0.6) is 0 Å². The number of carbonyl (C=O) groups is 1. The molecule has 1 unspecified atom stereocenters. The van der Waals surface area contributed by atoms with Crippen molar-refractivity contribution in [1.29, 1.82) is 0 Å². The lowest BCUT2D eigenvalue weighted by atomic mass is 9.96. The van der Waals surface area contributed by atoms with Crippen LogP contribution in [0.15, 0.2) is 74.3 Å². The monoisotopic (exact) mass is 483 g/mol. The summed E-state index contributed by atoms with van der Waals surface area (Å²) in [6, 6.07) is 10.7. The number of thiazole rings is 1. The van der Waals surface area contributed by atoms with Crippen LogP contribution in [0.4, 0.5) is 0 Å².